The van der Waals surface area contributed by atoms with Gasteiger partial charge >= 0.3 is 0 Å². The van der Waals surface area contributed by atoms with Crippen molar-refractivity contribution in [1.82, 2.24) is 10.2 Å². The standard InChI is InChI=1S/C13H17BrN2O2S/c1-8-7-10(19-11(8)14)13(18)16-6-4-3-5-9(16)12(17)15-2/h7,9H,3-6H2,1-2H3,(H,15,17). The zero-order valence-corrected chi connectivity index (χ0v) is 13.4. The Balaban J connectivity index is 2.22. The lowest BCUT2D eigenvalue weighted by molar-refractivity contribution is -0.126. The summed E-state index contributed by atoms with van der Waals surface area (Å²) in [6.07, 6.45) is 2.71. The van der Waals surface area contributed by atoms with Gasteiger partial charge in [-0.3, -0.25) is 9.59 Å². The van der Waals surface area contributed by atoms with E-state index in [9.17, 15) is 9.59 Å². The van der Waals surface area contributed by atoms with E-state index >= 15 is 0 Å². The molecule has 0 radical (unpaired) electrons. The Bertz CT molecular complexity index is 481. The lowest BCUT2D eigenvalue weighted by atomic mass is 10.0. The number of carbonyl (C=O) groups excluding carboxylic acids is 2. The van der Waals surface area contributed by atoms with Crippen molar-refractivity contribution in [1.29, 1.82) is 0 Å². The van der Waals surface area contributed by atoms with Gasteiger partial charge in [0.05, 0.1) is 8.66 Å². The van der Waals surface area contributed by atoms with Crippen LogP contribution in [0.2, 0.25) is 0 Å². The molecule has 1 aliphatic heterocycles. The van der Waals surface area contributed by atoms with Crippen LogP contribution in [0.4, 0.5) is 0 Å². The number of likely N-dealkylation sites (tertiary alicyclic amines) is 1. The average Bonchev–Trinajstić information content (AvgIpc) is 2.77. The molecule has 1 atom stereocenters. The number of piperidine rings is 1. The summed E-state index contributed by atoms with van der Waals surface area (Å²) in [5.74, 6) is -0.104. The van der Waals surface area contributed by atoms with Crippen LogP contribution in [0.15, 0.2) is 9.85 Å². The predicted octanol–water partition coefficient (Wildman–Crippen LogP) is 2.56. The largest absolute Gasteiger partial charge is 0.357 e. The Morgan fingerprint density at radius 2 is 2.21 bits per heavy atom. The second-order valence-electron chi connectivity index (χ2n) is 4.69. The molecule has 0 aliphatic carbocycles. The molecule has 1 fully saturated rings. The van der Waals surface area contributed by atoms with Crippen molar-refractivity contribution in [3.05, 3.63) is 20.3 Å². The van der Waals surface area contributed by atoms with Gasteiger partial charge in [-0.25, -0.2) is 0 Å². The molecule has 19 heavy (non-hydrogen) atoms. The first-order valence-electron chi connectivity index (χ1n) is 6.33. The van der Waals surface area contributed by atoms with E-state index in [1.165, 1.54) is 11.3 Å². The van der Waals surface area contributed by atoms with Crippen LogP contribution in [-0.2, 0) is 4.79 Å². The highest BCUT2D eigenvalue weighted by atomic mass is 79.9. The summed E-state index contributed by atoms with van der Waals surface area (Å²) in [6, 6.07) is 1.56. The first kappa shape index (κ1) is 14.5. The molecule has 1 aromatic heterocycles. The van der Waals surface area contributed by atoms with E-state index < -0.39 is 0 Å². The molecule has 2 amide bonds. The summed E-state index contributed by atoms with van der Waals surface area (Å²) in [6.45, 7) is 2.62. The Morgan fingerprint density at radius 1 is 1.47 bits per heavy atom. The minimum Gasteiger partial charge on any atom is -0.357 e. The molecule has 104 valence electrons. The Hall–Kier alpha value is -0.880. The van der Waals surface area contributed by atoms with Crippen LogP contribution in [0, 0.1) is 6.92 Å². The number of hydrogen-bond donors (Lipinski definition) is 1. The van der Waals surface area contributed by atoms with Gasteiger partial charge in [-0.05, 0) is 53.7 Å². The van der Waals surface area contributed by atoms with Crippen molar-refractivity contribution in [3.63, 3.8) is 0 Å². The molecular formula is C13H17BrN2O2S. The van der Waals surface area contributed by atoms with Crippen molar-refractivity contribution in [3.8, 4) is 0 Å². The lowest BCUT2D eigenvalue weighted by Crippen LogP contribution is -2.51. The summed E-state index contributed by atoms with van der Waals surface area (Å²) in [4.78, 5) is 26.8. The minimum absolute atomic E-state index is 0.0351. The molecule has 4 nitrogen and oxygen atoms in total. The third-order valence-electron chi connectivity index (χ3n) is 3.38. The molecule has 1 aliphatic rings. The number of amides is 2. The summed E-state index contributed by atoms with van der Waals surface area (Å²) < 4.78 is 0.976. The molecule has 0 saturated carbocycles. The summed E-state index contributed by atoms with van der Waals surface area (Å²) >= 11 is 4.87. The Kier molecular flexibility index (Phi) is 4.62. The van der Waals surface area contributed by atoms with Gasteiger partial charge in [0.15, 0.2) is 0 Å². The first-order chi connectivity index (χ1) is 9.04. The Labute approximate surface area is 125 Å². The van der Waals surface area contributed by atoms with E-state index in [0.717, 1.165) is 28.6 Å². The number of carbonyl (C=O) groups is 2. The van der Waals surface area contributed by atoms with Crippen LogP contribution in [0.25, 0.3) is 0 Å². The number of nitrogens with zero attached hydrogens (tertiary/aromatic N) is 1. The Morgan fingerprint density at radius 3 is 2.79 bits per heavy atom. The molecule has 0 bridgehead atoms. The monoisotopic (exact) mass is 344 g/mol. The third-order valence-corrected chi connectivity index (χ3v) is 5.51. The fraction of sp³-hybridized carbons (Fsp3) is 0.538. The van der Waals surface area contributed by atoms with E-state index in [1.54, 1.807) is 11.9 Å². The number of nitrogens with one attached hydrogen (secondary N) is 1. The van der Waals surface area contributed by atoms with Gasteiger partial charge in [0, 0.05) is 13.6 Å². The maximum Gasteiger partial charge on any atom is 0.264 e. The fourth-order valence-corrected chi connectivity index (χ4v) is 3.81. The van der Waals surface area contributed by atoms with Crippen molar-refractivity contribution >= 4 is 39.1 Å². The second-order valence-corrected chi connectivity index (χ2v) is 7.06. The summed E-state index contributed by atoms with van der Waals surface area (Å²) in [7, 11) is 1.62. The molecule has 0 aromatic carbocycles. The quantitative estimate of drug-likeness (QED) is 0.896. The highest BCUT2D eigenvalue weighted by Gasteiger charge is 2.32. The minimum atomic E-state index is -0.326. The van der Waals surface area contributed by atoms with Crippen LogP contribution in [-0.4, -0.2) is 36.3 Å². The highest BCUT2D eigenvalue weighted by molar-refractivity contribution is 9.11. The maximum atomic E-state index is 12.5. The van der Waals surface area contributed by atoms with Gasteiger partial charge in [-0.2, -0.15) is 0 Å². The third kappa shape index (κ3) is 3.00. The van der Waals surface area contributed by atoms with Crippen LogP contribution in [0.5, 0.6) is 0 Å². The molecule has 6 heteroatoms. The average molecular weight is 345 g/mol. The normalized spacial score (nSPS) is 19.3. The van der Waals surface area contributed by atoms with Crippen molar-refractivity contribution in [2.75, 3.05) is 13.6 Å². The molecule has 2 heterocycles. The molecule has 1 aromatic rings. The van der Waals surface area contributed by atoms with Crippen LogP contribution in [0.1, 0.15) is 34.5 Å². The van der Waals surface area contributed by atoms with Crippen LogP contribution >= 0.6 is 27.3 Å². The van der Waals surface area contributed by atoms with Gasteiger partial charge in [0.25, 0.3) is 5.91 Å². The SMILES string of the molecule is CNC(=O)C1CCCCN1C(=O)c1cc(C)c(Br)s1. The summed E-state index contributed by atoms with van der Waals surface area (Å²) in [5.41, 5.74) is 1.06. The second kappa shape index (κ2) is 6.05. The number of likely N-dealkylation sites (N-methyl/N-ethyl adjacent to an activating group) is 1. The zero-order chi connectivity index (χ0) is 14.0. The topological polar surface area (TPSA) is 49.4 Å². The van der Waals surface area contributed by atoms with Crippen molar-refractivity contribution < 1.29 is 9.59 Å². The van der Waals surface area contributed by atoms with Crippen molar-refractivity contribution in [2.45, 2.75) is 32.2 Å². The molecule has 1 N–H and O–H groups in total. The van der Waals surface area contributed by atoms with E-state index in [-0.39, 0.29) is 17.9 Å². The smallest absolute Gasteiger partial charge is 0.264 e. The van der Waals surface area contributed by atoms with Gasteiger partial charge in [-0.1, -0.05) is 0 Å². The van der Waals surface area contributed by atoms with E-state index in [2.05, 4.69) is 21.2 Å². The summed E-state index contributed by atoms with van der Waals surface area (Å²) in [5, 5.41) is 2.65. The number of hydrogen-bond acceptors (Lipinski definition) is 3. The number of rotatable bonds is 2. The fourth-order valence-electron chi connectivity index (χ4n) is 2.32. The number of thiophene rings is 1. The van der Waals surface area contributed by atoms with Gasteiger partial charge in [-0.15, -0.1) is 11.3 Å². The molecule has 1 unspecified atom stereocenters. The lowest BCUT2D eigenvalue weighted by Gasteiger charge is -2.34. The zero-order valence-electron chi connectivity index (χ0n) is 11.0. The predicted molar refractivity (Wildman–Crippen MR) is 79.5 cm³/mol. The molecule has 0 spiro atoms. The first-order valence-corrected chi connectivity index (χ1v) is 7.94. The molecule has 2 rings (SSSR count). The van der Waals surface area contributed by atoms with E-state index in [4.69, 9.17) is 0 Å². The van der Waals surface area contributed by atoms with Gasteiger partial charge in [0.1, 0.15) is 6.04 Å². The number of halogens is 1. The van der Waals surface area contributed by atoms with Crippen LogP contribution in [0.3, 0.4) is 0 Å². The van der Waals surface area contributed by atoms with Gasteiger partial charge < -0.3 is 10.2 Å². The highest BCUT2D eigenvalue weighted by Crippen LogP contribution is 2.30. The maximum absolute atomic E-state index is 12.5. The van der Waals surface area contributed by atoms with Crippen molar-refractivity contribution in [2.24, 2.45) is 0 Å². The molecular weight excluding hydrogens is 328 g/mol. The molecule has 1 saturated heterocycles. The van der Waals surface area contributed by atoms with Crippen LogP contribution < -0.4 is 5.32 Å². The van der Waals surface area contributed by atoms with Gasteiger partial charge in [0.2, 0.25) is 5.91 Å². The van der Waals surface area contributed by atoms with E-state index in [0.29, 0.717) is 11.4 Å². The van der Waals surface area contributed by atoms with E-state index in [1.807, 2.05) is 13.0 Å². The number of aryl methyl sites for hydroxylation is 1.